The molecule has 2 heterocycles. The van der Waals surface area contributed by atoms with Crippen LogP contribution in [0, 0.1) is 17.8 Å². The maximum Gasteiger partial charge on any atom is 0.254 e. The number of hydrogen-bond acceptors (Lipinski definition) is 5. The molecule has 6 nitrogen and oxygen atoms in total. The second-order valence-corrected chi connectivity index (χ2v) is 8.66. The summed E-state index contributed by atoms with van der Waals surface area (Å²) in [5, 5.41) is 9.96. The number of fused-ring (bicyclic) bond motifs is 1. The van der Waals surface area contributed by atoms with Crippen LogP contribution >= 0.6 is 0 Å². The van der Waals surface area contributed by atoms with Gasteiger partial charge in [0.25, 0.3) is 5.91 Å². The average molecular weight is 356 g/mol. The third kappa shape index (κ3) is 2.34. The number of anilines is 2. The zero-order valence-corrected chi connectivity index (χ0v) is 15.6. The number of methoxy groups -OCH3 is 1. The number of hydrogen-bond donors (Lipinski definition) is 3. The Balaban J connectivity index is 1.49. The smallest absolute Gasteiger partial charge is 0.254 e. The lowest BCUT2D eigenvalue weighted by Crippen LogP contribution is -2.59. The second kappa shape index (κ2) is 5.84. The van der Waals surface area contributed by atoms with Crippen LogP contribution in [-0.2, 0) is 11.2 Å². The molecule has 3 unspecified atom stereocenters. The van der Waals surface area contributed by atoms with E-state index in [-0.39, 0.29) is 11.5 Å². The molecule has 26 heavy (non-hydrogen) atoms. The highest BCUT2D eigenvalue weighted by atomic mass is 16.5. The number of ether oxygens (including phenoxy) is 1. The molecule has 1 aliphatic heterocycles. The fraction of sp³-hybridized carbons (Fsp3) is 0.700. The van der Waals surface area contributed by atoms with Crippen molar-refractivity contribution in [1.29, 1.82) is 0 Å². The van der Waals surface area contributed by atoms with Gasteiger partial charge in [-0.3, -0.25) is 4.79 Å². The lowest BCUT2D eigenvalue weighted by Gasteiger charge is -2.59. The van der Waals surface area contributed by atoms with E-state index in [1.807, 2.05) is 7.11 Å². The Labute approximate surface area is 154 Å². The van der Waals surface area contributed by atoms with Gasteiger partial charge in [0, 0.05) is 38.5 Å². The zero-order valence-electron chi connectivity index (χ0n) is 15.6. The summed E-state index contributed by atoms with van der Waals surface area (Å²) in [7, 11) is 3.57. The minimum Gasteiger partial charge on any atom is -0.381 e. The van der Waals surface area contributed by atoms with Gasteiger partial charge in [-0.25, -0.2) is 4.98 Å². The van der Waals surface area contributed by atoms with Gasteiger partial charge in [-0.05, 0) is 56.3 Å². The molecule has 0 spiro atoms. The van der Waals surface area contributed by atoms with Gasteiger partial charge in [0.05, 0.1) is 16.9 Å². The number of nitrogens with zero attached hydrogens (tertiary/aromatic N) is 1. The van der Waals surface area contributed by atoms with E-state index in [9.17, 15) is 4.79 Å². The average Bonchev–Trinajstić information content (AvgIpc) is 3.12. The van der Waals surface area contributed by atoms with E-state index in [0.717, 1.165) is 43.2 Å². The van der Waals surface area contributed by atoms with Crippen LogP contribution in [-0.4, -0.2) is 43.2 Å². The van der Waals surface area contributed by atoms with Crippen LogP contribution in [0.25, 0.3) is 0 Å². The Morgan fingerprint density at radius 2 is 2.08 bits per heavy atom. The molecule has 3 N–H and O–H groups in total. The molecule has 140 valence electrons. The SMILES string of the molecule is CNC(=O)c1cnc2c(c1NC1[C@@H]3CC4C[C@H]1CC(OC)(C4)C3)CCN2. The van der Waals surface area contributed by atoms with E-state index in [1.54, 1.807) is 13.2 Å². The molecule has 6 heteroatoms. The van der Waals surface area contributed by atoms with Gasteiger partial charge in [0.1, 0.15) is 5.82 Å². The van der Waals surface area contributed by atoms with Crippen molar-refractivity contribution >= 4 is 17.4 Å². The molecule has 1 aromatic rings. The second-order valence-electron chi connectivity index (χ2n) is 8.66. The number of nitrogens with one attached hydrogen (secondary N) is 3. The fourth-order valence-corrected chi connectivity index (χ4v) is 6.33. The van der Waals surface area contributed by atoms with Gasteiger partial charge in [-0.15, -0.1) is 0 Å². The maximum atomic E-state index is 12.4. The molecular weight excluding hydrogens is 328 g/mol. The highest BCUT2D eigenvalue weighted by Gasteiger charge is 2.55. The summed E-state index contributed by atoms with van der Waals surface area (Å²) in [5.41, 5.74) is 2.95. The van der Waals surface area contributed by atoms with E-state index >= 15 is 0 Å². The molecule has 4 bridgehead atoms. The summed E-state index contributed by atoms with van der Waals surface area (Å²) >= 11 is 0. The van der Waals surface area contributed by atoms with E-state index in [4.69, 9.17) is 4.74 Å². The Morgan fingerprint density at radius 1 is 1.31 bits per heavy atom. The van der Waals surface area contributed by atoms with Crippen LogP contribution < -0.4 is 16.0 Å². The Kier molecular flexibility index (Phi) is 3.68. The first-order valence-corrected chi connectivity index (χ1v) is 9.92. The fourth-order valence-electron chi connectivity index (χ4n) is 6.33. The summed E-state index contributed by atoms with van der Waals surface area (Å²) in [5.74, 6) is 2.95. The lowest BCUT2D eigenvalue weighted by molar-refractivity contribution is -0.149. The van der Waals surface area contributed by atoms with Crippen molar-refractivity contribution in [3.8, 4) is 0 Å². The van der Waals surface area contributed by atoms with Gasteiger partial charge in [-0.1, -0.05) is 0 Å². The predicted octanol–water partition coefficient (Wildman–Crippen LogP) is 2.41. The number of rotatable bonds is 4. The highest BCUT2D eigenvalue weighted by molar-refractivity contribution is 6.00. The van der Waals surface area contributed by atoms with Crippen molar-refractivity contribution in [1.82, 2.24) is 10.3 Å². The molecule has 0 aromatic carbocycles. The van der Waals surface area contributed by atoms with Gasteiger partial charge in [0.15, 0.2) is 0 Å². The van der Waals surface area contributed by atoms with Gasteiger partial charge in [0.2, 0.25) is 0 Å². The summed E-state index contributed by atoms with van der Waals surface area (Å²) in [6.07, 6.45) is 8.75. The summed E-state index contributed by atoms with van der Waals surface area (Å²) in [6.45, 7) is 0.889. The first kappa shape index (κ1) is 16.4. The van der Waals surface area contributed by atoms with Crippen LogP contribution in [0.5, 0.6) is 0 Å². The lowest BCUT2D eigenvalue weighted by atomic mass is 9.52. The van der Waals surface area contributed by atoms with E-state index in [2.05, 4.69) is 20.9 Å². The molecule has 6 rings (SSSR count). The molecule has 5 atom stereocenters. The minimum absolute atomic E-state index is 0.0631. The number of amides is 1. The van der Waals surface area contributed by atoms with E-state index in [1.165, 1.54) is 24.8 Å². The Bertz CT molecular complexity index is 734. The number of pyridine rings is 1. The first-order valence-electron chi connectivity index (χ1n) is 9.92. The molecule has 1 amide bonds. The minimum atomic E-state index is -0.0631. The van der Waals surface area contributed by atoms with Gasteiger partial charge in [-0.2, -0.15) is 0 Å². The van der Waals surface area contributed by atoms with Crippen LogP contribution in [0.2, 0.25) is 0 Å². The van der Waals surface area contributed by atoms with Crippen molar-refractivity contribution in [2.24, 2.45) is 17.8 Å². The van der Waals surface area contributed by atoms with Crippen molar-refractivity contribution in [3.63, 3.8) is 0 Å². The normalized spacial score (nSPS) is 36.5. The topological polar surface area (TPSA) is 75.3 Å². The third-order valence-corrected chi connectivity index (χ3v) is 7.28. The monoisotopic (exact) mass is 356 g/mol. The van der Waals surface area contributed by atoms with Crippen LogP contribution in [0.3, 0.4) is 0 Å². The summed E-state index contributed by atoms with van der Waals surface area (Å²) < 4.78 is 5.99. The third-order valence-electron chi connectivity index (χ3n) is 7.28. The van der Waals surface area contributed by atoms with Crippen LogP contribution in [0.1, 0.15) is 48.0 Å². The molecule has 4 fully saturated rings. The number of carbonyl (C=O) groups excluding carboxylic acids is 1. The quantitative estimate of drug-likeness (QED) is 0.772. The molecular formula is C20H28N4O2. The Hall–Kier alpha value is -1.82. The molecule has 0 saturated heterocycles. The highest BCUT2D eigenvalue weighted by Crippen LogP contribution is 2.57. The molecule has 5 aliphatic rings. The molecule has 1 aromatic heterocycles. The molecule has 4 aliphatic carbocycles. The van der Waals surface area contributed by atoms with Gasteiger partial charge < -0.3 is 20.7 Å². The maximum absolute atomic E-state index is 12.4. The first-order chi connectivity index (χ1) is 12.6. The molecule has 4 saturated carbocycles. The largest absolute Gasteiger partial charge is 0.381 e. The Morgan fingerprint density at radius 3 is 2.77 bits per heavy atom. The zero-order chi connectivity index (χ0) is 17.9. The van der Waals surface area contributed by atoms with Crippen molar-refractivity contribution in [2.45, 2.75) is 50.2 Å². The van der Waals surface area contributed by atoms with Crippen molar-refractivity contribution < 1.29 is 9.53 Å². The standard InChI is InChI=1S/C20H28N4O2/c1-21-19(25)15-10-23-18-14(3-4-22-18)17(15)24-16-12-5-11-6-13(16)9-20(7-11,8-12)26-2/h10-13,16H,3-9H2,1-2H3,(H,21,25)(H2,22,23,24)/t11?,12-,13+,16?,20?. The number of aromatic nitrogens is 1. The van der Waals surface area contributed by atoms with E-state index in [0.29, 0.717) is 23.4 Å². The molecule has 0 radical (unpaired) electrons. The van der Waals surface area contributed by atoms with Crippen LogP contribution in [0.4, 0.5) is 11.5 Å². The van der Waals surface area contributed by atoms with Crippen LogP contribution in [0.15, 0.2) is 6.20 Å². The predicted molar refractivity (Wildman–Crippen MR) is 101 cm³/mol. The summed E-state index contributed by atoms with van der Waals surface area (Å²) in [6, 6.07) is 0.435. The van der Waals surface area contributed by atoms with E-state index < -0.39 is 0 Å². The number of carbonyl (C=O) groups is 1. The summed E-state index contributed by atoms with van der Waals surface area (Å²) in [4.78, 5) is 16.9. The van der Waals surface area contributed by atoms with Crippen molar-refractivity contribution in [3.05, 3.63) is 17.3 Å². The van der Waals surface area contributed by atoms with Crippen molar-refractivity contribution in [2.75, 3.05) is 31.3 Å². The van der Waals surface area contributed by atoms with Gasteiger partial charge >= 0.3 is 0 Å².